The number of aldehydes is 2. The molecule has 6 nitrogen and oxygen atoms in total. The minimum absolute atomic E-state index is 0.0860. The molecule has 1 unspecified atom stereocenters. The summed E-state index contributed by atoms with van der Waals surface area (Å²) in [7, 11) is 0. The lowest BCUT2D eigenvalue weighted by Crippen LogP contribution is -2.50. The van der Waals surface area contributed by atoms with Crippen molar-refractivity contribution in [3.05, 3.63) is 12.3 Å². The van der Waals surface area contributed by atoms with Gasteiger partial charge in [-0.1, -0.05) is 6.08 Å². The summed E-state index contributed by atoms with van der Waals surface area (Å²) in [5, 5.41) is 0. The molecule has 0 spiro atoms. The molecule has 18 heavy (non-hydrogen) atoms. The van der Waals surface area contributed by atoms with Crippen LogP contribution >= 0.6 is 0 Å². The first kappa shape index (κ1) is 14.2. The SMILES string of the molecule is C/C=C/N1CCN(C(N)=NC(C=O)CC=O)CC1. The van der Waals surface area contributed by atoms with Crippen LogP contribution in [-0.2, 0) is 9.59 Å². The second-order valence-corrected chi connectivity index (χ2v) is 4.10. The number of piperazine rings is 1. The molecule has 1 atom stereocenters. The summed E-state index contributed by atoms with van der Waals surface area (Å²) in [6, 6.07) is -0.656. The minimum Gasteiger partial charge on any atom is -0.374 e. The molecule has 1 fully saturated rings. The number of nitrogens with two attached hydrogens (primary N) is 1. The number of carbonyl (C=O) groups excluding carboxylic acids is 2. The van der Waals surface area contributed by atoms with Gasteiger partial charge in [-0.2, -0.15) is 0 Å². The number of hydrogen-bond donors (Lipinski definition) is 1. The topological polar surface area (TPSA) is 79.0 Å². The van der Waals surface area contributed by atoms with Gasteiger partial charge in [-0.05, 0) is 13.1 Å². The van der Waals surface area contributed by atoms with Crippen molar-refractivity contribution in [1.29, 1.82) is 0 Å². The maximum Gasteiger partial charge on any atom is 0.192 e. The lowest BCUT2D eigenvalue weighted by Gasteiger charge is -2.34. The van der Waals surface area contributed by atoms with E-state index in [0.717, 1.165) is 26.2 Å². The number of hydrogen-bond acceptors (Lipinski definition) is 4. The van der Waals surface area contributed by atoms with E-state index < -0.39 is 6.04 Å². The van der Waals surface area contributed by atoms with E-state index in [2.05, 4.69) is 9.89 Å². The van der Waals surface area contributed by atoms with Gasteiger partial charge in [0.25, 0.3) is 0 Å². The Morgan fingerprint density at radius 2 is 2.00 bits per heavy atom. The molecular weight excluding hydrogens is 232 g/mol. The Morgan fingerprint density at radius 1 is 1.33 bits per heavy atom. The zero-order valence-electron chi connectivity index (χ0n) is 10.7. The lowest BCUT2D eigenvalue weighted by atomic mass is 10.2. The Balaban J connectivity index is 2.52. The molecule has 0 aromatic carbocycles. The number of guanidine groups is 1. The minimum atomic E-state index is -0.656. The fourth-order valence-corrected chi connectivity index (χ4v) is 1.80. The quantitative estimate of drug-likeness (QED) is 0.409. The summed E-state index contributed by atoms with van der Waals surface area (Å²) < 4.78 is 0. The molecule has 1 heterocycles. The van der Waals surface area contributed by atoms with Crippen LogP contribution in [0.1, 0.15) is 13.3 Å². The van der Waals surface area contributed by atoms with E-state index >= 15 is 0 Å². The molecule has 1 saturated heterocycles. The third-order valence-corrected chi connectivity index (χ3v) is 2.79. The summed E-state index contributed by atoms with van der Waals surface area (Å²) >= 11 is 0. The van der Waals surface area contributed by atoms with Crippen LogP contribution in [0.3, 0.4) is 0 Å². The van der Waals surface area contributed by atoms with Gasteiger partial charge in [0.15, 0.2) is 5.96 Å². The van der Waals surface area contributed by atoms with Gasteiger partial charge in [-0.3, -0.25) is 0 Å². The molecule has 0 aromatic rings. The summed E-state index contributed by atoms with van der Waals surface area (Å²) in [5.41, 5.74) is 5.84. The van der Waals surface area contributed by atoms with Gasteiger partial charge in [-0.25, -0.2) is 4.99 Å². The maximum atomic E-state index is 10.7. The van der Waals surface area contributed by atoms with Crippen LogP contribution < -0.4 is 5.73 Å². The molecule has 0 aromatic heterocycles. The average Bonchev–Trinajstić information content (AvgIpc) is 2.39. The van der Waals surface area contributed by atoms with Crippen LogP contribution in [0.5, 0.6) is 0 Å². The Morgan fingerprint density at radius 3 is 2.50 bits per heavy atom. The molecule has 0 bridgehead atoms. The standard InChI is InChI=1S/C12H20N4O2/c1-2-4-15-5-7-16(8-6-15)12(13)14-11(10-18)3-9-17/h2,4,9-11H,3,5-8H2,1H3,(H2,13,14)/b4-2+. The monoisotopic (exact) mass is 252 g/mol. The van der Waals surface area contributed by atoms with Crippen LogP contribution in [0.15, 0.2) is 17.3 Å². The molecule has 0 saturated carbocycles. The van der Waals surface area contributed by atoms with Gasteiger partial charge in [0.1, 0.15) is 18.6 Å². The van der Waals surface area contributed by atoms with Crippen LogP contribution in [0.2, 0.25) is 0 Å². The van der Waals surface area contributed by atoms with E-state index in [-0.39, 0.29) is 6.42 Å². The molecule has 0 amide bonds. The predicted octanol–water partition coefficient (Wildman–Crippen LogP) is -0.391. The van der Waals surface area contributed by atoms with E-state index in [1.807, 2.05) is 24.1 Å². The first-order chi connectivity index (χ1) is 8.71. The second kappa shape index (κ2) is 7.47. The van der Waals surface area contributed by atoms with Crippen LogP contribution in [0.25, 0.3) is 0 Å². The molecule has 1 aliphatic rings. The number of nitrogens with zero attached hydrogens (tertiary/aromatic N) is 3. The summed E-state index contributed by atoms with van der Waals surface area (Å²) in [5.74, 6) is 0.342. The Kier molecular flexibility index (Phi) is 5.90. The van der Waals surface area contributed by atoms with E-state index in [9.17, 15) is 9.59 Å². The van der Waals surface area contributed by atoms with Gasteiger partial charge in [0.2, 0.25) is 0 Å². The highest BCUT2D eigenvalue weighted by atomic mass is 16.1. The van der Waals surface area contributed by atoms with Gasteiger partial charge >= 0.3 is 0 Å². The van der Waals surface area contributed by atoms with E-state index in [0.29, 0.717) is 18.5 Å². The molecular formula is C12H20N4O2. The molecule has 1 rings (SSSR count). The van der Waals surface area contributed by atoms with E-state index in [1.54, 1.807) is 0 Å². The van der Waals surface area contributed by atoms with Gasteiger partial charge in [0.05, 0.1) is 0 Å². The van der Waals surface area contributed by atoms with E-state index in [4.69, 9.17) is 5.73 Å². The fraction of sp³-hybridized carbons (Fsp3) is 0.583. The largest absolute Gasteiger partial charge is 0.374 e. The Hall–Kier alpha value is -1.85. The third-order valence-electron chi connectivity index (χ3n) is 2.79. The molecule has 0 radical (unpaired) electrons. The number of rotatable bonds is 5. The molecule has 0 aliphatic carbocycles. The highest BCUT2D eigenvalue weighted by Crippen LogP contribution is 2.03. The van der Waals surface area contributed by atoms with Crippen molar-refractivity contribution in [1.82, 2.24) is 9.80 Å². The third kappa shape index (κ3) is 4.20. The van der Waals surface area contributed by atoms with Crippen LogP contribution in [0.4, 0.5) is 0 Å². The van der Waals surface area contributed by atoms with Crippen molar-refractivity contribution in [3.8, 4) is 0 Å². The van der Waals surface area contributed by atoms with Crippen molar-refractivity contribution >= 4 is 18.5 Å². The van der Waals surface area contributed by atoms with Gasteiger partial charge in [-0.15, -0.1) is 0 Å². The van der Waals surface area contributed by atoms with Crippen LogP contribution in [0, 0.1) is 0 Å². The smallest absolute Gasteiger partial charge is 0.192 e. The Labute approximate surface area is 107 Å². The molecule has 1 aliphatic heterocycles. The Bertz CT molecular complexity index is 333. The fourth-order valence-electron chi connectivity index (χ4n) is 1.80. The highest BCUT2D eigenvalue weighted by molar-refractivity contribution is 5.81. The lowest BCUT2D eigenvalue weighted by molar-refractivity contribution is -0.113. The number of carbonyl (C=O) groups is 2. The van der Waals surface area contributed by atoms with Crippen molar-refractivity contribution in [2.75, 3.05) is 26.2 Å². The number of aliphatic imine (C=N–C) groups is 1. The first-order valence-electron chi connectivity index (χ1n) is 6.05. The molecule has 2 N–H and O–H groups in total. The highest BCUT2D eigenvalue weighted by Gasteiger charge is 2.17. The molecule has 6 heteroatoms. The van der Waals surface area contributed by atoms with Crippen molar-refractivity contribution in [2.24, 2.45) is 10.7 Å². The first-order valence-corrected chi connectivity index (χ1v) is 6.05. The molecule has 100 valence electrons. The van der Waals surface area contributed by atoms with Crippen molar-refractivity contribution < 1.29 is 9.59 Å². The number of allylic oxidation sites excluding steroid dienone is 1. The zero-order valence-corrected chi connectivity index (χ0v) is 10.7. The van der Waals surface area contributed by atoms with Gasteiger partial charge in [0, 0.05) is 32.6 Å². The van der Waals surface area contributed by atoms with Crippen LogP contribution in [-0.4, -0.2) is 60.6 Å². The summed E-state index contributed by atoms with van der Waals surface area (Å²) in [6.45, 7) is 5.27. The van der Waals surface area contributed by atoms with Crippen molar-refractivity contribution in [2.45, 2.75) is 19.4 Å². The second-order valence-electron chi connectivity index (χ2n) is 4.10. The van der Waals surface area contributed by atoms with Crippen molar-refractivity contribution in [3.63, 3.8) is 0 Å². The van der Waals surface area contributed by atoms with E-state index in [1.165, 1.54) is 0 Å². The summed E-state index contributed by atoms with van der Waals surface area (Å²) in [4.78, 5) is 29.2. The van der Waals surface area contributed by atoms with Gasteiger partial charge < -0.3 is 25.1 Å². The normalized spacial score (nSPS) is 19.1. The summed E-state index contributed by atoms with van der Waals surface area (Å²) in [6.07, 6.45) is 5.46. The predicted molar refractivity (Wildman–Crippen MR) is 70.1 cm³/mol. The maximum absolute atomic E-state index is 10.7. The average molecular weight is 252 g/mol. The zero-order chi connectivity index (χ0) is 13.4.